The van der Waals surface area contributed by atoms with Crippen LogP contribution in [0.3, 0.4) is 0 Å². The summed E-state index contributed by atoms with van der Waals surface area (Å²) < 4.78 is 26.7. The number of nitrogens with one attached hydrogen (secondary N) is 4. The first-order valence-corrected chi connectivity index (χ1v) is 11.7. The monoisotopic (exact) mass is 425 g/mol. The molecule has 1 aliphatic rings. The van der Waals surface area contributed by atoms with Gasteiger partial charge in [-0.1, -0.05) is 6.92 Å². The minimum absolute atomic E-state index is 0.0945. The van der Waals surface area contributed by atoms with E-state index >= 15 is 0 Å². The van der Waals surface area contributed by atoms with Gasteiger partial charge in [0.15, 0.2) is 0 Å². The smallest absolute Gasteiger partial charge is 0.251 e. The van der Waals surface area contributed by atoms with Gasteiger partial charge < -0.3 is 15.5 Å². The van der Waals surface area contributed by atoms with E-state index in [1.807, 2.05) is 0 Å². The lowest BCUT2D eigenvalue weighted by atomic mass is 10.0. The highest BCUT2D eigenvalue weighted by Crippen LogP contribution is 2.11. The van der Waals surface area contributed by atoms with Gasteiger partial charge in [0.2, 0.25) is 15.9 Å². The summed E-state index contributed by atoms with van der Waals surface area (Å²) >= 11 is 0. The summed E-state index contributed by atoms with van der Waals surface area (Å²) in [6.45, 7) is 8.84. The molecule has 0 atom stereocenters. The Balaban J connectivity index is 1.79. The quantitative estimate of drug-likeness (QED) is 0.435. The first-order chi connectivity index (χ1) is 13.7. The average Bonchev–Trinajstić information content (AvgIpc) is 2.67. The molecule has 0 unspecified atom stereocenters. The third-order valence-electron chi connectivity index (χ3n) is 4.89. The van der Waals surface area contributed by atoms with Crippen LogP contribution in [0.4, 0.5) is 0 Å². The average molecular weight is 426 g/mol. The second-order valence-electron chi connectivity index (χ2n) is 7.82. The molecule has 1 aromatic carbocycles. The topological polar surface area (TPSA) is 109 Å². The maximum Gasteiger partial charge on any atom is 0.251 e. The van der Waals surface area contributed by atoms with Gasteiger partial charge in [-0.25, -0.2) is 13.1 Å². The molecular weight excluding hydrogens is 392 g/mol. The molecule has 2 amide bonds. The first-order valence-electron chi connectivity index (χ1n) is 10.2. The van der Waals surface area contributed by atoms with Crippen LogP contribution in [-0.4, -0.2) is 58.5 Å². The second kappa shape index (κ2) is 10.7. The standard InChI is InChI=1S/C20H32N4O4S/c1-4-11-24-12-9-17(10-13-24)22-19(25)14-21-20(26)16-5-7-18(8-6-16)29(27,28)23-15(2)3/h5-8,15,17,23H,4,9-14H2,1-3H3,(H,21,26)(H,22,25)/p+1. The summed E-state index contributed by atoms with van der Waals surface area (Å²) in [5.74, 6) is -0.620. The molecule has 0 bridgehead atoms. The fourth-order valence-electron chi connectivity index (χ4n) is 3.48. The van der Waals surface area contributed by atoms with E-state index in [-0.39, 0.29) is 29.4 Å². The third-order valence-corrected chi connectivity index (χ3v) is 6.56. The van der Waals surface area contributed by atoms with E-state index in [1.54, 1.807) is 18.7 Å². The van der Waals surface area contributed by atoms with Crippen molar-refractivity contribution in [2.45, 2.75) is 57.0 Å². The summed E-state index contributed by atoms with van der Waals surface area (Å²) in [6, 6.07) is 5.58. The van der Waals surface area contributed by atoms with Crippen molar-refractivity contribution in [2.75, 3.05) is 26.2 Å². The maximum atomic E-state index is 12.2. The molecule has 0 radical (unpaired) electrons. The molecule has 1 fully saturated rings. The summed E-state index contributed by atoms with van der Waals surface area (Å²) in [7, 11) is -3.60. The molecule has 9 heteroatoms. The highest BCUT2D eigenvalue weighted by molar-refractivity contribution is 7.89. The van der Waals surface area contributed by atoms with Crippen LogP contribution in [0.2, 0.25) is 0 Å². The summed E-state index contributed by atoms with van der Waals surface area (Å²) in [6.07, 6.45) is 3.07. The molecular formula is C20H33N4O4S+. The van der Waals surface area contributed by atoms with Crippen molar-refractivity contribution in [1.82, 2.24) is 15.4 Å². The highest BCUT2D eigenvalue weighted by atomic mass is 32.2. The van der Waals surface area contributed by atoms with E-state index in [9.17, 15) is 18.0 Å². The zero-order valence-electron chi connectivity index (χ0n) is 17.5. The molecule has 8 nitrogen and oxygen atoms in total. The van der Waals surface area contributed by atoms with Gasteiger partial charge >= 0.3 is 0 Å². The SMILES string of the molecule is CCC[NH+]1CCC(NC(=O)CNC(=O)c2ccc(S(=O)(=O)NC(C)C)cc2)CC1. The Bertz CT molecular complexity index is 785. The van der Waals surface area contributed by atoms with Crippen LogP contribution in [0.15, 0.2) is 29.2 Å². The number of sulfonamides is 1. The van der Waals surface area contributed by atoms with Gasteiger partial charge in [-0.3, -0.25) is 9.59 Å². The van der Waals surface area contributed by atoms with E-state index in [4.69, 9.17) is 0 Å². The van der Waals surface area contributed by atoms with E-state index in [2.05, 4.69) is 22.3 Å². The summed E-state index contributed by atoms with van der Waals surface area (Å²) in [5, 5.41) is 5.57. The molecule has 1 aliphatic heterocycles. The molecule has 0 spiro atoms. The van der Waals surface area contributed by atoms with E-state index in [0.29, 0.717) is 5.56 Å². The predicted molar refractivity (Wildman–Crippen MR) is 111 cm³/mol. The normalized spacial score (nSPS) is 19.7. The molecule has 1 aromatic rings. The van der Waals surface area contributed by atoms with Crippen LogP contribution in [0, 0.1) is 0 Å². The number of benzene rings is 1. The van der Waals surface area contributed by atoms with Crippen molar-refractivity contribution in [1.29, 1.82) is 0 Å². The van der Waals surface area contributed by atoms with Crippen molar-refractivity contribution in [3.8, 4) is 0 Å². The van der Waals surface area contributed by atoms with Crippen molar-refractivity contribution in [2.24, 2.45) is 0 Å². The lowest BCUT2D eigenvalue weighted by Crippen LogP contribution is -3.13. The fraction of sp³-hybridized carbons (Fsp3) is 0.600. The Hall–Kier alpha value is -1.97. The first kappa shape index (κ1) is 23.3. The summed E-state index contributed by atoms with van der Waals surface area (Å²) in [4.78, 5) is 26.0. The Morgan fingerprint density at radius 3 is 2.31 bits per heavy atom. The highest BCUT2D eigenvalue weighted by Gasteiger charge is 2.23. The number of carbonyl (C=O) groups excluding carboxylic acids is 2. The second-order valence-corrected chi connectivity index (χ2v) is 9.54. The van der Waals surface area contributed by atoms with Crippen LogP contribution >= 0.6 is 0 Å². The van der Waals surface area contributed by atoms with Crippen molar-refractivity contribution in [3.05, 3.63) is 29.8 Å². The number of quaternary nitrogens is 1. The number of amides is 2. The van der Waals surface area contributed by atoms with Crippen molar-refractivity contribution in [3.63, 3.8) is 0 Å². The minimum Gasteiger partial charge on any atom is -0.351 e. The van der Waals surface area contributed by atoms with Crippen molar-refractivity contribution >= 4 is 21.8 Å². The van der Waals surface area contributed by atoms with Gasteiger partial charge in [0.1, 0.15) is 0 Å². The van der Waals surface area contributed by atoms with E-state index < -0.39 is 15.9 Å². The molecule has 0 aliphatic carbocycles. The molecule has 0 saturated carbocycles. The Kier molecular flexibility index (Phi) is 8.60. The lowest BCUT2D eigenvalue weighted by molar-refractivity contribution is -0.905. The Labute approximate surface area is 173 Å². The van der Waals surface area contributed by atoms with Gasteiger partial charge in [-0.2, -0.15) is 0 Å². The van der Waals surface area contributed by atoms with Crippen LogP contribution in [0.25, 0.3) is 0 Å². The third kappa shape index (κ3) is 7.41. The predicted octanol–water partition coefficient (Wildman–Crippen LogP) is -0.323. The number of hydrogen-bond acceptors (Lipinski definition) is 4. The van der Waals surface area contributed by atoms with Crippen LogP contribution < -0.4 is 20.3 Å². The van der Waals surface area contributed by atoms with E-state index in [1.165, 1.54) is 37.2 Å². The van der Waals surface area contributed by atoms with E-state index in [0.717, 1.165) is 25.9 Å². The molecule has 162 valence electrons. The van der Waals surface area contributed by atoms with Gasteiger partial charge in [0.25, 0.3) is 5.91 Å². The zero-order valence-corrected chi connectivity index (χ0v) is 18.3. The number of hydrogen-bond donors (Lipinski definition) is 4. The molecule has 29 heavy (non-hydrogen) atoms. The number of piperidine rings is 1. The largest absolute Gasteiger partial charge is 0.351 e. The Morgan fingerprint density at radius 1 is 1.14 bits per heavy atom. The summed E-state index contributed by atoms with van der Waals surface area (Å²) in [5.41, 5.74) is 0.303. The number of rotatable bonds is 9. The zero-order chi connectivity index (χ0) is 21.4. The molecule has 1 saturated heterocycles. The molecule has 2 rings (SSSR count). The van der Waals surface area contributed by atoms with Gasteiger partial charge in [-0.05, 0) is 44.5 Å². The lowest BCUT2D eigenvalue weighted by Gasteiger charge is -2.29. The fourth-order valence-corrected chi connectivity index (χ4v) is 4.73. The van der Waals surface area contributed by atoms with Crippen LogP contribution in [0.5, 0.6) is 0 Å². The van der Waals surface area contributed by atoms with Crippen LogP contribution in [0.1, 0.15) is 50.4 Å². The molecule has 0 aromatic heterocycles. The molecule has 4 N–H and O–H groups in total. The maximum absolute atomic E-state index is 12.2. The minimum atomic E-state index is -3.60. The number of likely N-dealkylation sites (tertiary alicyclic amines) is 1. The molecule has 1 heterocycles. The van der Waals surface area contributed by atoms with Crippen LogP contribution in [-0.2, 0) is 14.8 Å². The van der Waals surface area contributed by atoms with Gasteiger partial charge in [0.05, 0.1) is 31.1 Å². The Morgan fingerprint density at radius 2 is 1.76 bits per heavy atom. The number of carbonyl (C=O) groups is 2. The van der Waals surface area contributed by atoms with Gasteiger partial charge in [-0.15, -0.1) is 0 Å². The van der Waals surface area contributed by atoms with Crippen molar-refractivity contribution < 1.29 is 22.9 Å². The van der Waals surface area contributed by atoms with Gasteiger partial charge in [0, 0.05) is 30.5 Å².